The van der Waals surface area contributed by atoms with E-state index in [4.69, 9.17) is 9.47 Å². The van der Waals surface area contributed by atoms with Crippen LogP contribution in [0.4, 0.5) is 14.7 Å². The first-order chi connectivity index (χ1) is 15.0. The molecule has 0 radical (unpaired) electrons. The molecule has 1 saturated heterocycles. The Kier molecular flexibility index (Phi) is 6.24. The number of amides is 1. The van der Waals surface area contributed by atoms with Gasteiger partial charge in [-0.05, 0) is 44.2 Å². The maximum Gasteiger partial charge on any atom is 0.263 e. The molecule has 1 N–H and O–H groups in total. The molecule has 1 aromatic heterocycles. The number of carbonyl (C=O) groups is 1. The largest absolute Gasteiger partial charge is 0.493 e. The van der Waals surface area contributed by atoms with Gasteiger partial charge < -0.3 is 19.7 Å². The lowest BCUT2D eigenvalue weighted by Gasteiger charge is -2.40. The Labute approximate surface area is 179 Å². The molecule has 2 aliphatic rings. The highest BCUT2D eigenvalue weighted by atomic mass is 19.3. The number of anilines is 1. The van der Waals surface area contributed by atoms with E-state index in [0.29, 0.717) is 37.0 Å². The van der Waals surface area contributed by atoms with Gasteiger partial charge >= 0.3 is 0 Å². The van der Waals surface area contributed by atoms with Crippen LogP contribution < -0.4 is 14.8 Å². The van der Waals surface area contributed by atoms with E-state index < -0.39 is 18.6 Å². The zero-order chi connectivity index (χ0) is 22.0. The van der Waals surface area contributed by atoms with Gasteiger partial charge in [0.1, 0.15) is 12.4 Å². The summed E-state index contributed by atoms with van der Waals surface area (Å²) >= 11 is 0. The molecule has 168 valence electrons. The number of ether oxygens (including phenoxy) is 2. The molecule has 10 heteroatoms. The van der Waals surface area contributed by atoms with Crippen molar-refractivity contribution in [2.24, 2.45) is 5.92 Å². The topological polar surface area (TPSA) is 81.5 Å². The normalized spacial score (nSPS) is 22.5. The van der Waals surface area contributed by atoms with Crippen LogP contribution >= 0.6 is 0 Å². The number of para-hydroxylation sites is 2. The molecule has 1 amide bonds. The van der Waals surface area contributed by atoms with Crippen molar-refractivity contribution in [1.29, 1.82) is 0 Å². The van der Waals surface area contributed by atoms with Gasteiger partial charge in [-0.1, -0.05) is 12.1 Å². The van der Waals surface area contributed by atoms with Crippen molar-refractivity contribution >= 4 is 11.9 Å². The molecule has 2 aliphatic heterocycles. The second kappa shape index (κ2) is 9.07. The first kappa shape index (κ1) is 21.3. The van der Waals surface area contributed by atoms with Crippen LogP contribution in [0.25, 0.3) is 0 Å². The fourth-order valence-corrected chi connectivity index (χ4v) is 4.44. The number of aromatic nitrogens is 3. The van der Waals surface area contributed by atoms with Crippen molar-refractivity contribution in [2.45, 2.75) is 50.8 Å². The SMILES string of the molecule is COc1ccccc1O[C@H](C)C(=O)N1CCC([C@@H]2C[C@H](C(F)F)n3ncnc3N2)CC1. The second-order valence-corrected chi connectivity index (χ2v) is 7.99. The van der Waals surface area contributed by atoms with E-state index in [-0.39, 0.29) is 17.9 Å². The number of nitrogens with zero attached hydrogens (tertiary/aromatic N) is 4. The fourth-order valence-electron chi connectivity index (χ4n) is 4.44. The van der Waals surface area contributed by atoms with Crippen molar-refractivity contribution < 1.29 is 23.0 Å². The molecule has 0 saturated carbocycles. The van der Waals surface area contributed by atoms with Gasteiger partial charge in [-0.15, -0.1) is 0 Å². The van der Waals surface area contributed by atoms with Crippen molar-refractivity contribution in [3.05, 3.63) is 30.6 Å². The number of benzene rings is 1. The van der Waals surface area contributed by atoms with Gasteiger partial charge in [0.05, 0.1) is 7.11 Å². The Hall–Kier alpha value is -2.91. The van der Waals surface area contributed by atoms with E-state index in [1.54, 1.807) is 31.1 Å². The van der Waals surface area contributed by atoms with Crippen LogP contribution in [0, 0.1) is 5.92 Å². The molecule has 0 unspecified atom stereocenters. The van der Waals surface area contributed by atoms with Crippen LogP contribution in [0.15, 0.2) is 30.6 Å². The lowest BCUT2D eigenvalue weighted by molar-refractivity contribution is -0.139. The van der Waals surface area contributed by atoms with Crippen LogP contribution in [0.2, 0.25) is 0 Å². The highest BCUT2D eigenvalue weighted by Crippen LogP contribution is 2.35. The third-order valence-electron chi connectivity index (χ3n) is 6.13. The summed E-state index contributed by atoms with van der Waals surface area (Å²) in [4.78, 5) is 18.7. The summed E-state index contributed by atoms with van der Waals surface area (Å²) < 4.78 is 39.4. The number of halogens is 2. The summed E-state index contributed by atoms with van der Waals surface area (Å²) in [6.45, 7) is 2.85. The molecule has 8 nitrogen and oxygen atoms in total. The zero-order valence-corrected chi connectivity index (χ0v) is 17.6. The van der Waals surface area contributed by atoms with Crippen molar-refractivity contribution in [2.75, 3.05) is 25.5 Å². The number of carbonyl (C=O) groups excluding carboxylic acids is 1. The molecular formula is C21H27F2N5O3. The zero-order valence-electron chi connectivity index (χ0n) is 17.6. The number of hydrogen-bond acceptors (Lipinski definition) is 6. The lowest BCUT2D eigenvalue weighted by Crippen LogP contribution is -2.48. The molecule has 2 aromatic rings. The molecular weight excluding hydrogens is 408 g/mol. The lowest BCUT2D eigenvalue weighted by atomic mass is 9.85. The van der Waals surface area contributed by atoms with Gasteiger partial charge in [0.2, 0.25) is 5.95 Å². The maximum atomic E-state index is 13.5. The summed E-state index contributed by atoms with van der Waals surface area (Å²) in [5.41, 5.74) is 0. The third-order valence-corrected chi connectivity index (χ3v) is 6.13. The van der Waals surface area contributed by atoms with Crippen LogP contribution in [0.3, 0.4) is 0 Å². The molecule has 0 aliphatic carbocycles. The summed E-state index contributed by atoms with van der Waals surface area (Å²) in [7, 11) is 1.56. The minimum atomic E-state index is -2.50. The number of alkyl halides is 2. The minimum absolute atomic E-state index is 0.0915. The molecule has 1 aromatic carbocycles. The monoisotopic (exact) mass is 435 g/mol. The van der Waals surface area contributed by atoms with Crippen LogP contribution in [0.5, 0.6) is 11.5 Å². The van der Waals surface area contributed by atoms with E-state index in [1.807, 2.05) is 12.1 Å². The summed E-state index contributed by atoms with van der Waals surface area (Å²) in [6, 6.07) is 6.12. The first-order valence-corrected chi connectivity index (χ1v) is 10.5. The minimum Gasteiger partial charge on any atom is -0.493 e. The van der Waals surface area contributed by atoms with Gasteiger partial charge in [0.25, 0.3) is 12.3 Å². The molecule has 31 heavy (non-hydrogen) atoms. The molecule has 1 fully saturated rings. The summed E-state index contributed by atoms with van der Waals surface area (Å²) in [5.74, 6) is 1.58. The van der Waals surface area contributed by atoms with Crippen LogP contribution in [0.1, 0.15) is 32.2 Å². The van der Waals surface area contributed by atoms with E-state index in [9.17, 15) is 13.6 Å². The number of likely N-dealkylation sites (tertiary alicyclic amines) is 1. The number of piperidine rings is 1. The van der Waals surface area contributed by atoms with Gasteiger partial charge in [0.15, 0.2) is 17.6 Å². The Morgan fingerprint density at radius 2 is 1.94 bits per heavy atom. The standard InChI is InChI=1S/C21H27F2N5O3/c1-13(31-18-6-4-3-5-17(18)30-2)20(29)27-9-7-14(8-10-27)15-11-16(19(22)23)28-21(26-15)24-12-25-28/h3-6,12-16,19H,7-11H2,1-2H3,(H,24,25,26)/t13-,15+,16-/m1/s1. The van der Waals surface area contributed by atoms with Gasteiger partial charge in [-0.3, -0.25) is 4.79 Å². The molecule has 4 rings (SSSR count). The predicted molar refractivity (Wildman–Crippen MR) is 109 cm³/mol. The van der Waals surface area contributed by atoms with E-state index in [0.717, 1.165) is 12.8 Å². The van der Waals surface area contributed by atoms with Crippen molar-refractivity contribution in [3.8, 4) is 11.5 Å². The number of methoxy groups -OCH3 is 1. The van der Waals surface area contributed by atoms with Gasteiger partial charge in [-0.2, -0.15) is 10.1 Å². The van der Waals surface area contributed by atoms with Crippen molar-refractivity contribution in [1.82, 2.24) is 19.7 Å². The second-order valence-electron chi connectivity index (χ2n) is 7.99. The maximum absolute atomic E-state index is 13.5. The van der Waals surface area contributed by atoms with Gasteiger partial charge in [-0.25, -0.2) is 13.5 Å². The van der Waals surface area contributed by atoms with E-state index >= 15 is 0 Å². The Balaban J connectivity index is 1.34. The predicted octanol–water partition coefficient (Wildman–Crippen LogP) is 2.98. The Bertz CT molecular complexity index is 901. The fraction of sp³-hybridized carbons (Fsp3) is 0.571. The first-order valence-electron chi connectivity index (χ1n) is 10.5. The summed E-state index contributed by atoms with van der Waals surface area (Å²) in [6.07, 6.45) is -0.101. The Morgan fingerprint density at radius 3 is 2.61 bits per heavy atom. The van der Waals surface area contributed by atoms with Gasteiger partial charge in [0, 0.05) is 19.1 Å². The molecule has 0 bridgehead atoms. The van der Waals surface area contributed by atoms with E-state index in [1.165, 1.54) is 11.0 Å². The van der Waals surface area contributed by atoms with Crippen molar-refractivity contribution in [3.63, 3.8) is 0 Å². The quantitative estimate of drug-likeness (QED) is 0.751. The average molecular weight is 435 g/mol. The highest BCUT2D eigenvalue weighted by Gasteiger charge is 2.39. The summed E-state index contributed by atoms with van der Waals surface area (Å²) in [5, 5.41) is 7.19. The van der Waals surface area contributed by atoms with E-state index in [2.05, 4.69) is 15.4 Å². The number of nitrogens with one attached hydrogen (secondary N) is 1. The molecule has 3 atom stereocenters. The average Bonchev–Trinajstić information content (AvgIpc) is 3.27. The molecule has 0 spiro atoms. The van der Waals surface area contributed by atoms with Crippen LogP contribution in [-0.4, -0.2) is 64.3 Å². The number of hydrogen-bond donors (Lipinski definition) is 1. The number of rotatable bonds is 6. The highest BCUT2D eigenvalue weighted by molar-refractivity contribution is 5.81. The number of fused-ring (bicyclic) bond motifs is 1. The Morgan fingerprint density at radius 1 is 1.23 bits per heavy atom. The third kappa shape index (κ3) is 4.42. The van der Waals surface area contributed by atoms with Crippen LogP contribution in [-0.2, 0) is 4.79 Å². The smallest absolute Gasteiger partial charge is 0.263 e. The molecule has 3 heterocycles.